The maximum absolute atomic E-state index is 11.9. The fourth-order valence-electron chi connectivity index (χ4n) is 3.65. The Hall–Kier alpha value is -1.02. The van der Waals surface area contributed by atoms with E-state index in [1.807, 2.05) is 30.3 Å². The number of esters is 1. The molecule has 0 N–H and O–H groups in total. The molecule has 0 saturated heterocycles. The lowest BCUT2D eigenvalue weighted by molar-refractivity contribution is -0.143. The molecule has 0 amide bonds. The molecule has 2 nitrogen and oxygen atoms in total. The molecule has 1 aromatic carbocycles. The Morgan fingerprint density at radius 3 is 1.59 bits per heavy atom. The van der Waals surface area contributed by atoms with Crippen molar-refractivity contribution in [1.29, 1.82) is 0 Å². The largest absolute Gasteiger partial charge is 0.464 e. The van der Waals surface area contributed by atoms with E-state index in [1.54, 1.807) is 0 Å². The maximum Gasteiger partial charge on any atom is 0.328 e. The standard InChI is InChI=1S/C26H43ClO2/c1-2-3-4-5-6-7-8-9-10-11-12-13-14-15-16-20-23-29-26(28)25(27)24-21-18-17-19-22-24/h17-19,21-22,25H,2-16,20,23H2,1H3. The smallest absolute Gasteiger partial charge is 0.328 e. The first-order chi connectivity index (χ1) is 14.3. The van der Waals surface area contributed by atoms with Gasteiger partial charge in [-0.2, -0.15) is 0 Å². The van der Waals surface area contributed by atoms with Crippen LogP contribution in [0.3, 0.4) is 0 Å². The fraction of sp³-hybridized carbons (Fsp3) is 0.731. The molecule has 29 heavy (non-hydrogen) atoms. The van der Waals surface area contributed by atoms with Crippen molar-refractivity contribution in [2.45, 2.75) is 115 Å². The summed E-state index contributed by atoms with van der Waals surface area (Å²) in [4.78, 5) is 11.9. The maximum atomic E-state index is 11.9. The second-order valence-electron chi connectivity index (χ2n) is 8.24. The summed E-state index contributed by atoms with van der Waals surface area (Å²) in [6, 6.07) is 9.39. The monoisotopic (exact) mass is 422 g/mol. The molecule has 1 aromatic rings. The number of hydrogen-bond acceptors (Lipinski definition) is 2. The van der Waals surface area contributed by atoms with E-state index in [0.717, 1.165) is 18.4 Å². The Kier molecular flexibility index (Phi) is 17.0. The number of unbranched alkanes of at least 4 members (excludes halogenated alkanes) is 15. The van der Waals surface area contributed by atoms with Crippen LogP contribution < -0.4 is 0 Å². The normalized spacial score (nSPS) is 12.1. The molecule has 0 aliphatic heterocycles. The number of carbonyl (C=O) groups excluding carboxylic acids is 1. The van der Waals surface area contributed by atoms with Crippen molar-refractivity contribution < 1.29 is 9.53 Å². The van der Waals surface area contributed by atoms with Gasteiger partial charge in [0.15, 0.2) is 5.38 Å². The van der Waals surface area contributed by atoms with Gasteiger partial charge in [0.1, 0.15) is 0 Å². The molecule has 0 fully saturated rings. The van der Waals surface area contributed by atoms with Crippen LogP contribution in [0.15, 0.2) is 30.3 Å². The third kappa shape index (κ3) is 14.6. The molecule has 0 saturated carbocycles. The highest BCUT2D eigenvalue weighted by atomic mass is 35.5. The summed E-state index contributed by atoms with van der Waals surface area (Å²) in [6.07, 6.45) is 21.5. The molecule has 0 aliphatic carbocycles. The van der Waals surface area contributed by atoms with Gasteiger partial charge in [0, 0.05) is 0 Å². The minimum Gasteiger partial charge on any atom is -0.464 e. The number of halogens is 1. The first kappa shape index (κ1) is 26.0. The fourth-order valence-corrected chi connectivity index (χ4v) is 3.86. The van der Waals surface area contributed by atoms with E-state index in [0.29, 0.717) is 6.61 Å². The van der Waals surface area contributed by atoms with E-state index in [9.17, 15) is 4.79 Å². The van der Waals surface area contributed by atoms with Gasteiger partial charge in [-0.05, 0) is 12.0 Å². The number of alkyl halides is 1. The number of hydrogen-bond donors (Lipinski definition) is 0. The minimum absolute atomic E-state index is 0.334. The van der Waals surface area contributed by atoms with Gasteiger partial charge in [0.2, 0.25) is 0 Å². The third-order valence-electron chi connectivity index (χ3n) is 5.54. The van der Waals surface area contributed by atoms with E-state index in [-0.39, 0.29) is 5.97 Å². The molecule has 0 heterocycles. The first-order valence-electron chi connectivity index (χ1n) is 12.1. The van der Waals surface area contributed by atoms with Crippen LogP contribution in [0, 0.1) is 0 Å². The van der Waals surface area contributed by atoms with Crippen LogP contribution in [0.1, 0.15) is 121 Å². The van der Waals surface area contributed by atoms with E-state index in [2.05, 4.69) is 6.92 Å². The first-order valence-corrected chi connectivity index (χ1v) is 12.5. The van der Waals surface area contributed by atoms with Crippen molar-refractivity contribution >= 4 is 17.6 Å². The summed E-state index contributed by atoms with van der Waals surface area (Å²) in [5, 5.41) is -0.697. The summed E-state index contributed by atoms with van der Waals surface area (Å²) in [5.74, 6) is -0.334. The zero-order valence-electron chi connectivity index (χ0n) is 18.7. The Morgan fingerprint density at radius 2 is 1.14 bits per heavy atom. The van der Waals surface area contributed by atoms with Gasteiger partial charge in [-0.25, -0.2) is 0 Å². The van der Waals surface area contributed by atoms with Gasteiger partial charge < -0.3 is 4.74 Å². The minimum atomic E-state index is -0.697. The zero-order chi connectivity index (χ0) is 21.0. The quantitative estimate of drug-likeness (QED) is 0.126. The van der Waals surface area contributed by atoms with Crippen molar-refractivity contribution in [3.63, 3.8) is 0 Å². The molecule has 0 bridgehead atoms. The molecule has 0 spiro atoms. The molecule has 0 aromatic heterocycles. The van der Waals surface area contributed by atoms with E-state index >= 15 is 0 Å². The second kappa shape index (κ2) is 19.0. The molecule has 0 aliphatic rings. The van der Waals surface area contributed by atoms with E-state index < -0.39 is 5.38 Å². The molecule has 1 unspecified atom stereocenters. The van der Waals surface area contributed by atoms with Gasteiger partial charge in [-0.3, -0.25) is 4.79 Å². The summed E-state index contributed by atoms with van der Waals surface area (Å²) in [6.45, 7) is 2.76. The molecular formula is C26H43ClO2. The molecule has 1 rings (SSSR count). The average Bonchev–Trinajstić information content (AvgIpc) is 2.75. The van der Waals surface area contributed by atoms with E-state index in [1.165, 1.54) is 89.9 Å². The molecule has 166 valence electrons. The summed E-state index contributed by atoms with van der Waals surface area (Å²) >= 11 is 6.16. The highest BCUT2D eigenvalue weighted by Crippen LogP contribution is 2.21. The van der Waals surface area contributed by atoms with Gasteiger partial charge in [-0.1, -0.05) is 134 Å². The Bertz CT molecular complexity index is 489. The lowest BCUT2D eigenvalue weighted by Crippen LogP contribution is -2.12. The van der Waals surface area contributed by atoms with Crippen LogP contribution in [0.25, 0.3) is 0 Å². The van der Waals surface area contributed by atoms with Gasteiger partial charge in [0.05, 0.1) is 6.61 Å². The van der Waals surface area contributed by atoms with Crippen molar-refractivity contribution in [1.82, 2.24) is 0 Å². The van der Waals surface area contributed by atoms with Crippen molar-refractivity contribution in [2.24, 2.45) is 0 Å². The van der Waals surface area contributed by atoms with Crippen molar-refractivity contribution in [3.05, 3.63) is 35.9 Å². The molecule has 3 heteroatoms. The average molecular weight is 423 g/mol. The van der Waals surface area contributed by atoms with Crippen molar-refractivity contribution in [3.8, 4) is 0 Å². The van der Waals surface area contributed by atoms with Crippen LogP contribution in [0.4, 0.5) is 0 Å². The lowest BCUT2D eigenvalue weighted by Gasteiger charge is -2.10. The number of carbonyl (C=O) groups is 1. The van der Waals surface area contributed by atoms with E-state index in [4.69, 9.17) is 16.3 Å². The molecule has 0 radical (unpaired) electrons. The van der Waals surface area contributed by atoms with Crippen LogP contribution in [0.2, 0.25) is 0 Å². The Morgan fingerprint density at radius 1 is 0.724 bits per heavy atom. The van der Waals surface area contributed by atoms with Crippen LogP contribution in [-0.4, -0.2) is 12.6 Å². The second-order valence-corrected chi connectivity index (χ2v) is 8.68. The highest BCUT2D eigenvalue weighted by molar-refractivity contribution is 6.29. The molecular weight excluding hydrogens is 380 g/mol. The van der Waals surface area contributed by atoms with Crippen molar-refractivity contribution in [2.75, 3.05) is 6.61 Å². The summed E-state index contributed by atoms with van der Waals surface area (Å²) in [5.41, 5.74) is 0.797. The highest BCUT2D eigenvalue weighted by Gasteiger charge is 2.18. The predicted molar refractivity (Wildman–Crippen MR) is 126 cm³/mol. The Balaban J connectivity index is 1.81. The Labute approximate surface area is 184 Å². The topological polar surface area (TPSA) is 26.3 Å². The van der Waals surface area contributed by atoms with Crippen LogP contribution >= 0.6 is 11.6 Å². The van der Waals surface area contributed by atoms with Crippen LogP contribution in [0.5, 0.6) is 0 Å². The van der Waals surface area contributed by atoms with Gasteiger partial charge in [-0.15, -0.1) is 11.6 Å². The van der Waals surface area contributed by atoms with Crippen LogP contribution in [-0.2, 0) is 9.53 Å². The summed E-state index contributed by atoms with van der Waals surface area (Å²) < 4.78 is 5.31. The number of rotatable bonds is 19. The number of benzene rings is 1. The van der Waals surface area contributed by atoms with Gasteiger partial charge >= 0.3 is 5.97 Å². The van der Waals surface area contributed by atoms with Gasteiger partial charge in [0.25, 0.3) is 0 Å². The third-order valence-corrected chi connectivity index (χ3v) is 5.97. The lowest BCUT2D eigenvalue weighted by atomic mass is 10.0. The predicted octanol–water partition coefficient (Wildman–Crippen LogP) is 8.77. The number of ether oxygens (including phenoxy) is 1. The SMILES string of the molecule is CCCCCCCCCCCCCCCCCCOC(=O)C(Cl)c1ccccc1. The zero-order valence-corrected chi connectivity index (χ0v) is 19.4. The summed E-state index contributed by atoms with van der Waals surface area (Å²) in [7, 11) is 0. The molecule has 1 atom stereocenters.